The van der Waals surface area contributed by atoms with E-state index in [2.05, 4.69) is 11.4 Å². The van der Waals surface area contributed by atoms with Gasteiger partial charge in [-0.1, -0.05) is 12.1 Å². The molecule has 1 heterocycles. The van der Waals surface area contributed by atoms with Gasteiger partial charge in [-0.3, -0.25) is 0 Å². The molecule has 1 aromatic carbocycles. The lowest BCUT2D eigenvalue weighted by molar-refractivity contribution is 0.0103. The Morgan fingerprint density at radius 2 is 2.29 bits per heavy atom. The molecule has 1 saturated heterocycles. The number of nitrogens with zero attached hydrogens (tertiary/aromatic N) is 1. The molecule has 0 aliphatic carbocycles. The third-order valence-corrected chi connectivity index (χ3v) is 3.03. The highest BCUT2D eigenvalue weighted by molar-refractivity contribution is 5.49. The van der Waals surface area contributed by atoms with E-state index in [9.17, 15) is 9.65 Å². The van der Waals surface area contributed by atoms with Gasteiger partial charge in [-0.25, -0.2) is 4.39 Å². The molecule has 1 aromatic rings. The van der Waals surface area contributed by atoms with Crippen molar-refractivity contribution >= 4 is 5.69 Å². The summed E-state index contributed by atoms with van der Waals surface area (Å²) in [5.74, 6) is -0.332. The third-order valence-electron chi connectivity index (χ3n) is 3.03. The lowest BCUT2D eigenvalue weighted by Crippen LogP contribution is -2.45. The van der Waals surface area contributed by atoms with Gasteiger partial charge in [0.2, 0.25) is 0 Å². The highest BCUT2D eigenvalue weighted by atomic mass is 19.1. The maximum atomic E-state index is 13.5. The Balaban J connectivity index is 2.20. The van der Waals surface area contributed by atoms with Crippen LogP contribution in [0.4, 0.5) is 10.1 Å². The lowest BCUT2D eigenvalue weighted by Gasteiger charge is -2.35. The zero-order valence-electron chi connectivity index (χ0n) is 9.74. The van der Waals surface area contributed by atoms with Crippen molar-refractivity contribution in [1.29, 1.82) is 5.26 Å². The molecule has 2 rings (SSSR count). The molecule has 2 atom stereocenters. The first kappa shape index (κ1) is 11.9. The van der Waals surface area contributed by atoms with Crippen molar-refractivity contribution in [2.24, 2.45) is 0 Å². The van der Waals surface area contributed by atoms with E-state index in [-0.39, 0.29) is 11.9 Å². The molecule has 90 valence electrons. The molecule has 17 heavy (non-hydrogen) atoms. The maximum absolute atomic E-state index is 13.5. The van der Waals surface area contributed by atoms with Gasteiger partial charge in [0.1, 0.15) is 11.4 Å². The largest absolute Gasteiger partial charge is 0.378 e. The molecule has 4 heteroatoms. The average Bonchev–Trinajstić information content (AvgIpc) is 2.32. The number of nitrogens with one attached hydrogen (secondary N) is 1. The van der Waals surface area contributed by atoms with Crippen LogP contribution in [0, 0.1) is 17.1 Å². The molecule has 0 saturated carbocycles. The number of benzene rings is 1. The van der Waals surface area contributed by atoms with Gasteiger partial charge in [0.05, 0.1) is 24.5 Å². The van der Waals surface area contributed by atoms with E-state index in [1.54, 1.807) is 18.2 Å². The SMILES string of the molecule is CC1CC(C#N)(Nc2ccccc2F)CCO1. The van der Waals surface area contributed by atoms with Crippen LogP contribution in [0.1, 0.15) is 19.8 Å². The fraction of sp³-hybridized carbons (Fsp3) is 0.462. The van der Waals surface area contributed by atoms with Crippen molar-refractivity contribution in [1.82, 2.24) is 0 Å². The Hall–Kier alpha value is -1.60. The van der Waals surface area contributed by atoms with E-state index in [0.29, 0.717) is 25.1 Å². The smallest absolute Gasteiger partial charge is 0.146 e. The van der Waals surface area contributed by atoms with Crippen LogP contribution in [0.25, 0.3) is 0 Å². The van der Waals surface area contributed by atoms with E-state index < -0.39 is 5.54 Å². The van der Waals surface area contributed by atoms with Gasteiger partial charge >= 0.3 is 0 Å². The molecule has 1 aliphatic heterocycles. The number of rotatable bonds is 2. The van der Waals surface area contributed by atoms with Crippen molar-refractivity contribution < 1.29 is 9.13 Å². The Morgan fingerprint density at radius 3 is 2.94 bits per heavy atom. The fourth-order valence-corrected chi connectivity index (χ4v) is 2.15. The third kappa shape index (κ3) is 2.56. The predicted octanol–water partition coefficient (Wildman–Crippen LogP) is 2.70. The predicted molar refractivity (Wildman–Crippen MR) is 63.0 cm³/mol. The molecule has 1 fully saturated rings. The minimum Gasteiger partial charge on any atom is -0.378 e. The second-order valence-corrected chi connectivity index (χ2v) is 4.43. The quantitative estimate of drug-likeness (QED) is 0.855. The van der Waals surface area contributed by atoms with Crippen molar-refractivity contribution in [3.8, 4) is 6.07 Å². The van der Waals surface area contributed by atoms with Gasteiger partial charge in [0, 0.05) is 12.8 Å². The van der Waals surface area contributed by atoms with Crippen molar-refractivity contribution in [3.05, 3.63) is 30.1 Å². The Labute approximate surface area is 100 Å². The molecule has 1 N–H and O–H groups in total. The molecule has 0 spiro atoms. The fourth-order valence-electron chi connectivity index (χ4n) is 2.15. The summed E-state index contributed by atoms with van der Waals surface area (Å²) in [5.41, 5.74) is -0.344. The van der Waals surface area contributed by atoms with Crippen LogP contribution >= 0.6 is 0 Å². The average molecular weight is 234 g/mol. The zero-order chi connectivity index (χ0) is 12.3. The molecule has 2 unspecified atom stereocenters. The van der Waals surface area contributed by atoms with E-state index in [1.807, 2.05) is 6.92 Å². The molecule has 0 bridgehead atoms. The number of hydrogen-bond acceptors (Lipinski definition) is 3. The molecule has 0 aromatic heterocycles. The van der Waals surface area contributed by atoms with Crippen LogP contribution in [0.2, 0.25) is 0 Å². The van der Waals surface area contributed by atoms with Crippen LogP contribution in [0.3, 0.4) is 0 Å². The normalized spacial score (nSPS) is 28.4. The number of hydrogen-bond donors (Lipinski definition) is 1. The van der Waals surface area contributed by atoms with E-state index in [0.717, 1.165) is 0 Å². The minimum absolute atomic E-state index is 0.0164. The summed E-state index contributed by atoms with van der Waals surface area (Å²) < 4.78 is 19.0. The standard InChI is InChI=1S/C13H15FN2O/c1-10-8-13(9-15,6-7-17-10)16-12-5-3-2-4-11(12)14/h2-5,10,16H,6-8H2,1H3. The summed E-state index contributed by atoms with van der Waals surface area (Å²) in [6.07, 6.45) is 1.16. The van der Waals surface area contributed by atoms with Gasteiger partial charge in [-0.2, -0.15) is 5.26 Å². The number of para-hydroxylation sites is 1. The highest BCUT2D eigenvalue weighted by Gasteiger charge is 2.36. The molecule has 1 aliphatic rings. The van der Waals surface area contributed by atoms with Crippen LogP contribution in [-0.2, 0) is 4.74 Å². The second kappa shape index (κ2) is 4.72. The first-order valence-electron chi connectivity index (χ1n) is 5.71. The highest BCUT2D eigenvalue weighted by Crippen LogP contribution is 2.29. The molecule has 0 amide bonds. The Morgan fingerprint density at radius 1 is 1.53 bits per heavy atom. The first-order chi connectivity index (χ1) is 8.15. The maximum Gasteiger partial charge on any atom is 0.146 e. The molecular formula is C13H15FN2O. The van der Waals surface area contributed by atoms with Crippen LogP contribution < -0.4 is 5.32 Å². The summed E-state index contributed by atoms with van der Waals surface area (Å²) in [4.78, 5) is 0. The van der Waals surface area contributed by atoms with E-state index >= 15 is 0 Å². The van der Waals surface area contributed by atoms with Crippen LogP contribution in [-0.4, -0.2) is 18.2 Å². The number of anilines is 1. The summed E-state index contributed by atoms with van der Waals surface area (Å²) in [6, 6.07) is 8.68. The van der Waals surface area contributed by atoms with E-state index in [4.69, 9.17) is 4.74 Å². The summed E-state index contributed by atoms with van der Waals surface area (Å²) in [7, 11) is 0. The van der Waals surface area contributed by atoms with Crippen LogP contribution in [0.5, 0.6) is 0 Å². The van der Waals surface area contributed by atoms with Crippen LogP contribution in [0.15, 0.2) is 24.3 Å². The Bertz CT molecular complexity index is 443. The van der Waals surface area contributed by atoms with Crippen molar-refractivity contribution in [2.75, 3.05) is 11.9 Å². The molecule has 0 radical (unpaired) electrons. The van der Waals surface area contributed by atoms with Gasteiger partial charge in [0.25, 0.3) is 0 Å². The van der Waals surface area contributed by atoms with Crippen molar-refractivity contribution in [2.45, 2.75) is 31.4 Å². The summed E-state index contributed by atoms with van der Waals surface area (Å²) >= 11 is 0. The molecular weight excluding hydrogens is 219 g/mol. The van der Waals surface area contributed by atoms with Crippen molar-refractivity contribution in [3.63, 3.8) is 0 Å². The lowest BCUT2D eigenvalue weighted by atomic mass is 9.88. The van der Waals surface area contributed by atoms with Gasteiger partial charge < -0.3 is 10.1 Å². The van der Waals surface area contributed by atoms with Gasteiger partial charge in [-0.05, 0) is 19.1 Å². The second-order valence-electron chi connectivity index (χ2n) is 4.43. The topological polar surface area (TPSA) is 45.0 Å². The minimum atomic E-state index is -0.722. The first-order valence-corrected chi connectivity index (χ1v) is 5.71. The monoisotopic (exact) mass is 234 g/mol. The van der Waals surface area contributed by atoms with E-state index in [1.165, 1.54) is 6.07 Å². The Kier molecular flexibility index (Phi) is 3.30. The molecule has 3 nitrogen and oxygen atoms in total. The number of nitriles is 1. The number of ether oxygens (including phenoxy) is 1. The zero-order valence-corrected chi connectivity index (χ0v) is 9.74. The van der Waals surface area contributed by atoms with Gasteiger partial charge in [0.15, 0.2) is 0 Å². The summed E-state index contributed by atoms with van der Waals surface area (Å²) in [5, 5.41) is 12.3. The number of halogens is 1. The van der Waals surface area contributed by atoms with Gasteiger partial charge in [-0.15, -0.1) is 0 Å². The summed E-state index contributed by atoms with van der Waals surface area (Å²) in [6.45, 7) is 2.45.